The monoisotopic (exact) mass is 327 g/mol. The van der Waals surface area contributed by atoms with Crippen molar-refractivity contribution < 1.29 is 9.63 Å². The van der Waals surface area contributed by atoms with Gasteiger partial charge in [0.25, 0.3) is 0 Å². The molecular weight excluding hydrogens is 306 g/mol. The number of nitrogens with zero attached hydrogens (tertiary/aromatic N) is 3. The zero-order valence-electron chi connectivity index (χ0n) is 13.8. The number of carbonyl (C=O) groups is 1. The number of hydroxylamine groups is 2. The third kappa shape index (κ3) is 2.12. The van der Waals surface area contributed by atoms with E-state index in [-0.39, 0.29) is 12.1 Å². The summed E-state index contributed by atoms with van der Waals surface area (Å²) in [7, 11) is 1.88. The van der Waals surface area contributed by atoms with Gasteiger partial charge < -0.3 is 10.2 Å². The van der Waals surface area contributed by atoms with Crippen LogP contribution in [-0.4, -0.2) is 46.3 Å². The van der Waals surface area contributed by atoms with Crippen LogP contribution in [0.1, 0.15) is 29.8 Å². The summed E-state index contributed by atoms with van der Waals surface area (Å²) in [4.78, 5) is 20.7. The maximum absolute atomic E-state index is 12.9. The Balaban J connectivity index is 1.64. The van der Waals surface area contributed by atoms with Gasteiger partial charge in [-0.25, -0.2) is 4.79 Å². The Morgan fingerprint density at radius 3 is 2.96 bits per heavy atom. The van der Waals surface area contributed by atoms with E-state index < -0.39 is 5.54 Å². The van der Waals surface area contributed by atoms with Crippen LogP contribution >= 0.6 is 0 Å². The number of H-pyrrole nitrogens is 1. The molecule has 0 spiro atoms. The number of benzene rings is 1. The smallest absolute Gasteiger partial charge is 0.317 e. The molecular formula is C17H21N5O2. The minimum absolute atomic E-state index is 0.0570. The highest BCUT2D eigenvalue weighted by atomic mass is 16.7. The van der Waals surface area contributed by atoms with E-state index in [1.54, 1.807) is 0 Å². The zero-order chi connectivity index (χ0) is 16.7. The first-order valence-corrected chi connectivity index (χ1v) is 8.11. The molecule has 1 aromatic heterocycles. The highest BCUT2D eigenvalue weighted by Crippen LogP contribution is 2.46. The van der Waals surface area contributed by atoms with Crippen molar-refractivity contribution in [1.82, 2.24) is 25.5 Å². The van der Waals surface area contributed by atoms with Gasteiger partial charge in [-0.3, -0.25) is 9.94 Å². The van der Waals surface area contributed by atoms with E-state index in [2.05, 4.69) is 15.5 Å². The second-order valence-electron chi connectivity index (χ2n) is 6.51. The molecule has 2 aromatic rings. The minimum Gasteiger partial charge on any atom is -0.317 e. The lowest BCUT2D eigenvalue weighted by Crippen LogP contribution is -2.44. The van der Waals surface area contributed by atoms with Crippen LogP contribution in [0.25, 0.3) is 0 Å². The summed E-state index contributed by atoms with van der Waals surface area (Å²) >= 11 is 0. The van der Waals surface area contributed by atoms with Crippen molar-refractivity contribution in [2.45, 2.75) is 25.1 Å². The number of hydrogen-bond donors (Lipinski definition) is 2. The van der Waals surface area contributed by atoms with E-state index in [4.69, 9.17) is 4.84 Å². The molecule has 2 amide bonds. The number of aromatic amines is 1. The number of hydrogen-bond acceptors (Lipinski definition) is 4. The van der Waals surface area contributed by atoms with E-state index in [0.717, 1.165) is 16.8 Å². The van der Waals surface area contributed by atoms with E-state index >= 15 is 0 Å². The minimum atomic E-state index is -0.529. The predicted molar refractivity (Wildman–Crippen MR) is 87.8 cm³/mol. The Kier molecular flexibility index (Phi) is 3.54. The molecule has 2 aliphatic heterocycles. The Labute approximate surface area is 140 Å². The Hall–Kier alpha value is -2.38. The van der Waals surface area contributed by atoms with Crippen LogP contribution in [0.5, 0.6) is 0 Å². The molecule has 0 saturated carbocycles. The highest BCUT2D eigenvalue weighted by molar-refractivity contribution is 5.79. The van der Waals surface area contributed by atoms with Crippen molar-refractivity contribution >= 4 is 6.03 Å². The van der Waals surface area contributed by atoms with Crippen LogP contribution in [0.3, 0.4) is 0 Å². The van der Waals surface area contributed by atoms with Crippen molar-refractivity contribution in [1.29, 1.82) is 0 Å². The molecule has 2 unspecified atom stereocenters. The molecule has 0 aliphatic carbocycles. The van der Waals surface area contributed by atoms with Crippen molar-refractivity contribution in [3.8, 4) is 0 Å². The van der Waals surface area contributed by atoms with Gasteiger partial charge in [0.15, 0.2) is 0 Å². The van der Waals surface area contributed by atoms with Gasteiger partial charge in [0, 0.05) is 12.1 Å². The van der Waals surface area contributed by atoms with Gasteiger partial charge in [-0.15, -0.1) is 0 Å². The summed E-state index contributed by atoms with van der Waals surface area (Å²) in [6, 6.07) is 9.71. The fourth-order valence-electron chi connectivity index (χ4n) is 3.68. The molecule has 1 saturated heterocycles. The topological polar surface area (TPSA) is 73.5 Å². The van der Waals surface area contributed by atoms with Gasteiger partial charge in [0.1, 0.15) is 12.1 Å². The lowest BCUT2D eigenvalue weighted by atomic mass is 9.87. The van der Waals surface area contributed by atoms with E-state index in [0.29, 0.717) is 19.7 Å². The van der Waals surface area contributed by atoms with Gasteiger partial charge in [-0.1, -0.05) is 30.3 Å². The molecule has 2 bridgehead atoms. The van der Waals surface area contributed by atoms with Crippen molar-refractivity contribution in [2.75, 3.05) is 20.1 Å². The first-order valence-electron chi connectivity index (χ1n) is 8.11. The third-order valence-electron chi connectivity index (χ3n) is 4.91. The summed E-state index contributed by atoms with van der Waals surface area (Å²) in [5, 5.41) is 11.9. The van der Waals surface area contributed by atoms with Crippen LogP contribution in [0.2, 0.25) is 0 Å². The van der Waals surface area contributed by atoms with Gasteiger partial charge in [0.05, 0.1) is 24.5 Å². The summed E-state index contributed by atoms with van der Waals surface area (Å²) in [6.45, 7) is 3.66. The van der Waals surface area contributed by atoms with Crippen LogP contribution < -0.4 is 5.32 Å². The maximum atomic E-state index is 12.9. The maximum Gasteiger partial charge on any atom is 0.345 e. The molecule has 0 radical (unpaired) electrons. The van der Waals surface area contributed by atoms with Gasteiger partial charge in [0.2, 0.25) is 0 Å². The molecule has 24 heavy (non-hydrogen) atoms. The number of aromatic nitrogens is 2. The van der Waals surface area contributed by atoms with Crippen LogP contribution in [0.4, 0.5) is 4.79 Å². The van der Waals surface area contributed by atoms with Gasteiger partial charge in [-0.05, 0) is 19.5 Å². The fourth-order valence-corrected chi connectivity index (χ4v) is 3.68. The number of carbonyl (C=O) groups excluding carboxylic acids is 1. The van der Waals surface area contributed by atoms with Crippen molar-refractivity contribution in [3.05, 3.63) is 53.3 Å². The first-order chi connectivity index (χ1) is 11.6. The summed E-state index contributed by atoms with van der Waals surface area (Å²) in [5.41, 5.74) is 2.51. The Morgan fingerprint density at radius 2 is 2.21 bits per heavy atom. The molecule has 3 heterocycles. The quantitative estimate of drug-likeness (QED) is 0.878. The Morgan fingerprint density at radius 1 is 1.42 bits per heavy atom. The van der Waals surface area contributed by atoms with Crippen LogP contribution in [0.15, 0.2) is 36.5 Å². The zero-order valence-corrected chi connectivity index (χ0v) is 13.8. The standard InChI is InChI=1S/C17H21N5O2/c1-17-11-21(14(9-18-2)15-13(17)8-19-20-15)16(23)22(17)24-10-12-6-4-3-5-7-12/h3-8,14,18H,9-11H2,1-2H3,(H,19,20). The summed E-state index contributed by atoms with van der Waals surface area (Å²) in [6.07, 6.45) is 1.81. The number of likely N-dealkylation sites (N-methyl/N-ethyl adjacent to an activating group) is 1. The molecule has 7 nitrogen and oxygen atoms in total. The molecule has 2 aliphatic rings. The first kappa shape index (κ1) is 15.2. The molecule has 2 atom stereocenters. The van der Waals surface area contributed by atoms with Crippen LogP contribution in [-0.2, 0) is 17.0 Å². The number of fused-ring (bicyclic) bond motifs is 4. The number of nitrogens with one attached hydrogen (secondary N) is 2. The fraction of sp³-hybridized carbons (Fsp3) is 0.412. The van der Waals surface area contributed by atoms with Crippen LogP contribution in [0, 0.1) is 0 Å². The van der Waals surface area contributed by atoms with E-state index in [1.165, 1.54) is 5.06 Å². The summed E-state index contributed by atoms with van der Waals surface area (Å²) < 4.78 is 0. The molecule has 126 valence electrons. The second-order valence-corrected chi connectivity index (χ2v) is 6.51. The second kappa shape index (κ2) is 5.61. The largest absolute Gasteiger partial charge is 0.345 e. The SMILES string of the molecule is CNCC1c2[nH]ncc2C2(C)CN1C(=O)N2OCc1ccccc1. The third-order valence-corrected chi connectivity index (χ3v) is 4.91. The van der Waals surface area contributed by atoms with E-state index in [9.17, 15) is 4.79 Å². The molecule has 1 aromatic carbocycles. The van der Waals surface area contributed by atoms with Gasteiger partial charge >= 0.3 is 6.03 Å². The van der Waals surface area contributed by atoms with Gasteiger partial charge in [-0.2, -0.15) is 10.2 Å². The number of rotatable bonds is 5. The lowest BCUT2D eigenvalue weighted by Gasteiger charge is -2.36. The lowest BCUT2D eigenvalue weighted by molar-refractivity contribution is -0.172. The Bertz CT molecular complexity index is 746. The number of amides is 2. The van der Waals surface area contributed by atoms with Crippen molar-refractivity contribution in [3.63, 3.8) is 0 Å². The average molecular weight is 327 g/mol. The highest BCUT2D eigenvalue weighted by Gasteiger charge is 2.57. The number of urea groups is 1. The predicted octanol–water partition coefficient (Wildman–Crippen LogP) is 1.77. The molecule has 1 fully saturated rings. The molecule has 2 N–H and O–H groups in total. The summed E-state index contributed by atoms with van der Waals surface area (Å²) in [5.74, 6) is 0. The van der Waals surface area contributed by atoms with E-state index in [1.807, 2.05) is 55.4 Å². The molecule has 7 heteroatoms. The van der Waals surface area contributed by atoms with Crippen molar-refractivity contribution in [2.24, 2.45) is 0 Å². The normalized spacial score (nSPS) is 25.2. The molecule has 4 rings (SSSR count). The average Bonchev–Trinajstić information content (AvgIpc) is 3.16.